The second-order valence-corrected chi connectivity index (χ2v) is 7.73. The summed E-state index contributed by atoms with van der Waals surface area (Å²) in [7, 11) is 0. The van der Waals surface area contributed by atoms with Gasteiger partial charge in [-0.3, -0.25) is 14.6 Å². The van der Waals surface area contributed by atoms with E-state index in [1.165, 1.54) is 12.1 Å². The number of halogens is 3. The van der Waals surface area contributed by atoms with Gasteiger partial charge in [-0.1, -0.05) is 6.07 Å². The average molecular weight is 433 g/mol. The molecule has 0 N–H and O–H groups in total. The van der Waals surface area contributed by atoms with Crippen LogP contribution in [0.4, 0.5) is 13.2 Å². The number of hydrogen-bond acceptors (Lipinski definition) is 3. The number of pyridine rings is 1. The van der Waals surface area contributed by atoms with E-state index in [1.54, 1.807) is 17.3 Å². The minimum atomic E-state index is -4.43. The Morgan fingerprint density at radius 1 is 1.16 bits per heavy atom. The molecule has 1 atom stereocenters. The molecule has 166 valence electrons. The van der Waals surface area contributed by atoms with Gasteiger partial charge in [-0.15, -0.1) is 0 Å². The molecule has 1 unspecified atom stereocenters. The van der Waals surface area contributed by atoms with Gasteiger partial charge in [0.05, 0.1) is 11.6 Å². The van der Waals surface area contributed by atoms with Gasteiger partial charge in [-0.05, 0) is 62.6 Å². The smallest absolute Gasteiger partial charge is 0.339 e. The number of aromatic nitrogens is 1. The van der Waals surface area contributed by atoms with Crippen molar-refractivity contribution in [2.75, 3.05) is 19.6 Å². The summed E-state index contributed by atoms with van der Waals surface area (Å²) >= 11 is 0. The number of rotatable bonds is 5. The highest BCUT2D eigenvalue weighted by Crippen LogP contribution is 2.30. The van der Waals surface area contributed by atoms with Crippen LogP contribution in [-0.2, 0) is 11.0 Å². The van der Waals surface area contributed by atoms with E-state index in [1.807, 2.05) is 30.9 Å². The molecular weight excluding hydrogens is 407 g/mol. The van der Waals surface area contributed by atoms with E-state index in [9.17, 15) is 22.8 Å². The molecule has 0 bridgehead atoms. The van der Waals surface area contributed by atoms with Gasteiger partial charge in [0.1, 0.15) is 0 Å². The second-order valence-electron chi connectivity index (χ2n) is 7.73. The van der Waals surface area contributed by atoms with Gasteiger partial charge in [-0.2, -0.15) is 13.2 Å². The van der Waals surface area contributed by atoms with E-state index in [4.69, 9.17) is 0 Å². The third-order valence-electron chi connectivity index (χ3n) is 5.85. The number of carbonyl (C=O) groups excluding carboxylic acids is 2. The zero-order valence-electron chi connectivity index (χ0n) is 17.6. The van der Waals surface area contributed by atoms with Gasteiger partial charge < -0.3 is 9.80 Å². The van der Waals surface area contributed by atoms with Crippen LogP contribution in [0.2, 0.25) is 0 Å². The lowest BCUT2D eigenvalue weighted by Crippen LogP contribution is -2.45. The van der Waals surface area contributed by atoms with Crippen LogP contribution in [0.15, 0.2) is 48.8 Å². The lowest BCUT2D eigenvalue weighted by atomic mass is 9.93. The van der Waals surface area contributed by atoms with Crippen molar-refractivity contribution < 1.29 is 22.8 Å². The van der Waals surface area contributed by atoms with E-state index in [0.29, 0.717) is 32.5 Å². The van der Waals surface area contributed by atoms with Crippen molar-refractivity contribution in [3.05, 3.63) is 65.5 Å². The van der Waals surface area contributed by atoms with Crippen LogP contribution in [-0.4, -0.2) is 46.2 Å². The third-order valence-corrected chi connectivity index (χ3v) is 5.85. The largest absolute Gasteiger partial charge is 0.416 e. The molecule has 1 aliphatic rings. The Kier molecular flexibility index (Phi) is 6.97. The van der Waals surface area contributed by atoms with Crippen molar-refractivity contribution in [2.24, 2.45) is 5.92 Å². The summed E-state index contributed by atoms with van der Waals surface area (Å²) in [6.45, 7) is 5.28. The van der Waals surface area contributed by atoms with Gasteiger partial charge in [0.25, 0.3) is 5.91 Å². The Morgan fingerprint density at radius 2 is 1.81 bits per heavy atom. The van der Waals surface area contributed by atoms with E-state index >= 15 is 0 Å². The molecule has 0 saturated carbocycles. The third kappa shape index (κ3) is 5.24. The summed E-state index contributed by atoms with van der Waals surface area (Å²) in [5.74, 6) is -0.438. The first-order valence-electron chi connectivity index (χ1n) is 10.4. The number of likely N-dealkylation sites (tertiary alicyclic amines) is 1. The number of hydrogen-bond donors (Lipinski definition) is 0. The van der Waals surface area contributed by atoms with Crippen LogP contribution in [0.1, 0.15) is 54.2 Å². The SMILES string of the molecule is CCN(C(=O)C1CCN(C(=O)c2ccc(C(F)(F)F)cc2)CC1)C(C)c1cccnc1. The molecule has 5 nitrogen and oxygen atoms in total. The summed E-state index contributed by atoms with van der Waals surface area (Å²) in [5, 5.41) is 0. The standard InChI is InChI=1S/C23H26F3N3O2/c1-3-29(16(2)19-5-4-12-27-15-19)22(31)18-10-13-28(14-11-18)21(30)17-6-8-20(9-7-17)23(24,25)26/h4-9,12,15-16,18H,3,10-11,13-14H2,1-2H3. The van der Waals surface area contributed by atoms with E-state index in [-0.39, 0.29) is 29.3 Å². The van der Waals surface area contributed by atoms with Crippen molar-refractivity contribution >= 4 is 11.8 Å². The fourth-order valence-corrected chi connectivity index (χ4v) is 3.97. The fraction of sp³-hybridized carbons (Fsp3) is 0.435. The molecule has 2 heterocycles. The summed E-state index contributed by atoms with van der Waals surface area (Å²) in [6.07, 6.45) is 0.0744. The molecule has 31 heavy (non-hydrogen) atoms. The number of piperidine rings is 1. The Hall–Kier alpha value is -2.90. The predicted octanol–water partition coefficient (Wildman–Crippen LogP) is 4.56. The summed E-state index contributed by atoms with van der Waals surface area (Å²) in [5.41, 5.74) is 0.404. The Labute approximate surface area is 179 Å². The van der Waals surface area contributed by atoms with Gasteiger partial charge >= 0.3 is 6.18 Å². The van der Waals surface area contributed by atoms with Crippen LogP contribution < -0.4 is 0 Å². The molecule has 8 heteroatoms. The van der Waals surface area contributed by atoms with Crippen LogP contribution in [0.3, 0.4) is 0 Å². The topological polar surface area (TPSA) is 53.5 Å². The number of benzene rings is 1. The van der Waals surface area contributed by atoms with Crippen LogP contribution >= 0.6 is 0 Å². The van der Waals surface area contributed by atoms with Gasteiger partial charge in [0, 0.05) is 43.5 Å². The summed E-state index contributed by atoms with van der Waals surface area (Å²) in [6, 6.07) is 7.94. The van der Waals surface area contributed by atoms with Gasteiger partial charge in [0.15, 0.2) is 0 Å². The van der Waals surface area contributed by atoms with E-state index in [2.05, 4.69) is 4.98 Å². The molecule has 1 saturated heterocycles. The highest BCUT2D eigenvalue weighted by atomic mass is 19.4. The van der Waals surface area contributed by atoms with Gasteiger partial charge in [-0.25, -0.2) is 0 Å². The van der Waals surface area contributed by atoms with Crippen LogP contribution in [0, 0.1) is 5.92 Å². The maximum absolute atomic E-state index is 13.1. The number of alkyl halides is 3. The molecule has 0 radical (unpaired) electrons. The number of amides is 2. The van der Waals surface area contributed by atoms with Crippen molar-refractivity contribution in [1.29, 1.82) is 0 Å². The normalized spacial score (nSPS) is 16.1. The lowest BCUT2D eigenvalue weighted by molar-refractivity contribution is -0.139. The predicted molar refractivity (Wildman–Crippen MR) is 110 cm³/mol. The highest BCUT2D eigenvalue weighted by Gasteiger charge is 2.33. The Morgan fingerprint density at radius 3 is 2.32 bits per heavy atom. The molecule has 3 rings (SSSR count). The molecule has 0 spiro atoms. The summed E-state index contributed by atoms with van der Waals surface area (Å²) in [4.78, 5) is 33.3. The van der Waals surface area contributed by atoms with Crippen molar-refractivity contribution in [3.63, 3.8) is 0 Å². The molecule has 1 aliphatic heterocycles. The van der Waals surface area contributed by atoms with Crippen LogP contribution in [0.25, 0.3) is 0 Å². The first kappa shape index (κ1) is 22.8. The number of nitrogens with zero attached hydrogens (tertiary/aromatic N) is 3. The molecular formula is C23H26F3N3O2. The quantitative estimate of drug-likeness (QED) is 0.695. The van der Waals surface area contributed by atoms with Crippen molar-refractivity contribution in [3.8, 4) is 0 Å². The zero-order valence-corrected chi connectivity index (χ0v) is 17.6. The number of carbonyl (C=O) groups is 2. The van der Waals surface area contributed by atoms with E-state index < -0.39 is 11.7 Å². The second kappa shape index (κ2) is 9.49. The molecule has 2 aromatic rings. The minimum absolute atomic E-state index is 0.0560. The van der Waals surface area contributed by atoms with Crippen molar-refractivity contribution in [1.82, 2.24) is 14.8 Å². The van der Waals surface area contributed by atoms with Gasteiger partial charge in [0.2, 0.25) is 5.91 Å². The van der Waals surface area contributed by atoms with Crippen LogP contribution in [0.5, 0.6) is 0 Å². The first-order valence-corrected chi connectivity index (χ1v) is 10.4. The maximum atomic E-state index is 13.1. The molecule has 0 aliphatic carbocycles. The Bertz CT molecular complexity index is 893. The average Bonchev–Trinajstić information content (AvgIpc) is 2.79. The summed E-state index contributed by atoms with van der Waals surface area (Å²) < 4.78 is 38.2. The minimum Gasteiger partial charge on any atom is -0.339 e. The first-order chi connectivity index (χ1) is 14.7. The fourth-order valence-electron chi connectivity index (χ4n) is 3.97. The molecule has 1 aromatic heterocycles. The van der Waals surface area contributed by atoms with Crippen molar-refractivity contribution in [2.45, 2.75) is 38.9 Å². The molecule has 1 aromatic carbocycles. The maximum Gasteiger partial charge on any atom is 0.416 e. The Balaban J connectivity index is 1.60. The highest BCUT2D eigenvalue weighted by molar-refractivity contribution is 5.94. The zero-order chi connectivity index (χ0) is 22.6. The van der Waals surface area contributed by atoms with E-state index in [0.717, 1.165) is 17.7 Å². The monoisotopic (exact) mass is 433 g/mol. The lowest BCUT2D eigenvalue weighted by Gasteiger charge is -2.36. The molecule has 2 amide bonds. The molecule has 1 fully saturated rings.